The Balaban J connectivity index is 2.02. The Hall–Kier alpha value is -2.86. The zero-order valence-electron chi connectivity index (χ0n) is 13.8. The SMILES string of the molecule is COC(=O)c1ccc(Cl)c(NC(=O)CNc2cccc(C(C)=O)c2)c1. The molecule has 0 fully saturated rings. The highest BCUT2D eigenvalue weighted by molar-refractivity contribution is 6.33. The first-order chi connectivity index (χ1) is 11.9. The number of carbonyl (C=O) groups is 3. The molecule has 0 atom stereocenters. The van der Waals surface area contributed by atoms with Crippen LogP contribution in [0.15, 0.2) is 42.5 Å². The molecule has 2 aromatic rings. The zero-order valence-corrected chi connectivity index (χ0v) is 14.5. The number of nitrogens with one attached hydrogen (secondary N) is 2. The number of carbonyl (C=O) groups excluding carboxylic acids is 3. The number of amides is 1. The number of ether oxygens (including phenoxy) is 1. The van der Waals surface area contributed by atoms with Crippen molar-refractivity contribution < 1.29 is 19.1 Å². The molecule has 0 aliphatic carbocycles. The van der Waals surface area contributed by atoms with Crippen LogP contribution in [0.4, 0.5) is 11.4 Å². The number of hydrogen-bond acceptors (Lipinski definition) is 5. The summed E-state index contributed by atoms with van der Waals surface area (Å²) >= 11 is 6.04. The van der Waals surface area contributed by atoms with Gasteiger partial charge >= 0.3 is 5.97 Å². The summed E-state index contributed by atoms with van der Waals surface area (Å²) in [6, 6.07) is 11.3. The quantitative estimate of drug-likeness (QED) is 0.609. The molecule has 2 N–H and O–H groups in total. The molecule has 0 aromatic heterocycles. The highest BCUT2D eigenvalue weighted by Crippen LogP contribution is 2.23. The van der Waals surface area contributed by atoms with Crippen LogP contribution in [0.2, 0.25) is 5.02 Å². The van der Waals surface area contributed by atoms with Crippen molar-refractivity contribution >= 4 is 40.6 Å². The fourth-order valence-corrected chi connectivity index (χ4v) is 2.26. The second-order valence-electron chi connectivity index (χ2n) is 5.22. The Morgan fingerprint density at radius 1 is 1.08 bits per heavy atom. The van der Waals surface area contributed by atoms with E-state index in [0.29, 0.717) is 22.0 Å². The lowest BCUT2D eigenvalue weighted by Gasteiger charge is -2.10. The molecule has 1 amide bonds. The predicted octanol–water partition coefficient (Wildman–Crippen LogP) is 3.38. The van der Waals surface area contributed by atoms with E-state index in [1.54, 1.807) is 24.3 Å². The topological polar surface area (TPSA) is 84.5 Å². The maximum absolute atomic E-state index is 12.1. The lowest BCUT2D eigenvalue weighted by Crippen LogP contribution is -2.22. The van der Waals surface area contributed by atoms with Gasteiger partial charge in [-0.05, 0) is 37.3 Å². The summed E-state index contributed by atoms with van der Waals surface area (Å²) in [5, 5.41) is 5.86. The molecule has 0 saturated heterocycles. The minimum atomic E-state index is -0.522. The number of rotatable bonds is 6. The molecular formula is C18H17ClN2O4. The molecule has 0 radical (unpaired) electrons. The van der Waals surface area contributed by atoms with Gasteiger partial charge in [-0.15, -0.1) is 0 Å². The Kier molecular flexibility index (Phi) is 6.14. The molecule has 2 rings (SSSR count). The molecule has 0 aliphatic rings. The molecule has 7 heteroatoms. The predicted molar refractivity (Wildman–Crippen MR) is 96.4 cm³/mol. The molecule has 0 spiro atoms. The fourth-order valence-electron chi connectivity index (χ4n) is 2.09. The van der Waals surface area contributed by atoms with E-state index in [9.17, 15) is 14.4 Å². The first kappa shape index (κ1) is 18.5. The lowest BCUT2D eigenvalue weighted by atomic mass is 10.1. The molecule has 0 bridgehead atoms. The molecule has 0 aliphatic heterocycles. The Morgan fingerprint density at radius 3 is 2.52 bits per heavy atom. The van der Waals surface area contributed by atoms with Crippen molar-refractivity contribution in [3.63, 3.8) is 0 Å². The Morgan fingerprint density at radius 2 is 1.84 bits per heavy atom. The van der Waals surface area contributed by atoms with Crippen LogP contribution in [0, 0.1) is 0 Å². The van der Waals surface area contributed by atoms with Gasteiger partial charge in [0, 0.05) is 11.3 Å². The average Bonchev–Trinajstić information content (AvgIpc) is 2.61. The maximum Gasteiger partial charge on any atom is 0.337 e. The van der Waals surface area contributed by atoms with Crippen LogP contribution >= 0.6 is 11.6 Å². The standard InChI is InChI=1S/C18H17ClN2O4/c1-11(22)12-4-3-5-14(8-12)20-10-17(23)21-16-9-13(18(24)25-2)6-7-15(16)19/h3-9,20H,10H2,1-2H3,(H,21,23). The van der Waals surface area contributed by atoms with Crippen LogP contribution < -0.4 is 10.6 Å². The second-order valence-corrected chi connectivity index (χ2v) is 5.63. The number of halogens is 1. The molecule has 25 heavy (non-hydrogen) atoms. The van der Waals surface area contributed by atoms with Crippen molar-refractivity contribution in [1.82, 2.24) is 0 Å². The van der Waals surface area contributed by atoms with E-state index >= 15 is 0 Å². The maximum atomic E-state index is 12.1. The normalized spacial score (nSPS) is 10.0. The number of esters is 1. The largest absolute Gasteiger partial charge is 0.465 e. The van der Waals surface area contributed by atoms with Gasteiger partial charge in [-0.3, -0.25) is 9.59 Å². The van der Waals surface area contributed by atoms with E-state index in [1.165, 1.54) is 32.2 Å². The third-order valence-corrected chi connectivity index (χ3v) is 3.71. The van der Waals surface area contributed by atoms with Gasteiger partial charge in [0.15, 0.2) is 5.78 Å². The monoisotopic (exact) mass is 360 g/mol. The molecule has 2 aromatic carbocycles. The van der Waals surface area contributed by atoms with Crippen molar-refractivity contribution in [2.45, 2.75) is 6.92 Å². The van der Waals surface area contributed by atoms with Crippen molar-refractivity contribution in [3.05, 3.63) is 58.6 Å². The van der Waals surface area contributed by atoms with Crippen LogP contribution in [0.3, 0.4) is 0 Å². The van der Waals surface area contributed by atoms with Gasteiger partial charge in [0.05, 0.1) is 29.9 Å². The molecule has 0 unspecified atom stereocenters. The highest BCUT2D eigenvalue weighted by Gasteiger charge is 2.11. The van der Waals surface area contributed by atoms with Gasteiger partial charge in [0.2, 0.25) is 5.91 Å². The third kappa shape index (κ3) is 5.06. The Labute approximate surface area is 150 Å². The summed E-state index contributed by atoms with van der Waals surface area (Å²) < 4.78 is 4.64. The fraction of sp³-hybridized carbons (Fsp3) is 0.167. The van der Waals surface area contributed by atoms with Gasteiger partial charge in [0.25, 0.3) is 0 Å². The molecule has 0 heterocycles. The third-order valence-electron chi connectivity index (χ3n) is 3.38. The lowest BCUT2D eigenvalue weighted by molar-refractivity contribution is -0.114. The van der Waals surface area contributed by atoms with Crippen LogP contribution in [0.25, 0.3) is 0 Å². The van der Waals surface area contributed by atoms with E-state index < -0.39 is 5.97 Å². The van der Waals surface area contributed by atoms with Gasteiger partial charge < -0.3 is 15.4 Å². The van der Waals surface area contributed by atoms with Crippen molar-refractivity contribution in [1.29, 1.82) is 0 Å². The van der Waals surface area contributed by atoms with E-state index in [1.807, 2.05) is 0 Å². The summed E-state index contributed by atoms with van der Waals surface area (Å²) in [5.41, 5.74) is 1.80. The van der Waals surface area contributed by atoms with Gasteiger partial charge in [0.1, 0.15) is 0 Å². The van der Waals surface area contributed by atoms with Gasteiger partial charge in [-0.25, -0.2) is 4.79 Å². The van der Waals surface area contributed by atoms with E-state index in [0.717, 1.165) is 0 Å². The van der Waals surface area contributed by atoms with Crippen LogP contribution in [0.1, 0.15) is 27.6 Å². The summed E-state index contributed by atoms with van der Waals surface area (Å²) in [6.07, 6.45) is 0. The van der Waals surface area contributed by atoms with Gasteiger partial charge in [-0.2, -0.15) is 0 Å². The van der Waals surface area contributed by atoms with Crippen LogP contribution in [0.5, 0.6) is 0 Å². The number of anilines is 2. The first-order valence-corrected chi connectivity index (χ1v) is 7.81. The van der Waals surface area contributed by atoms with Crippen molar-refractivity contribution in [2.75, 3.05) is 24.3 Å². The average molecular weight is 361 g/mol. The minimum Gasteiger partial charge on any atom is -0.465 e. The first-order valence-electron chi connectivity index (χ1n) is 7.43. The summed E-state index contributed by atoms with van der Waals surface area (Å²) in [4.78, 5) is 35.0. The molecular weight excluding hydrogens is 344 g/mol. The van der Waals surface area contributed by atoms with E-state index in [4.69, 9.17) is 11.6 Å². The number of Topliss-reactive ketones (excluding diaryl/α,β-unsaturated/α-hetero) is 1. The molecule has 6 nitrogen and oxygen atoms in total. The van der Waals surface area contributed by atoms with Crippen molar-refractivity contribution in [3.8, 4) is 0 Å². The van der Waals surface area contributed by atoms with E-state index in [2.05, 4.69) is 15.4 Å². The zero-order chi connectivity index (χ0) is 18.4. The van der Waals surface area contributed by atoms with E-state index in [-0.39, 0.29) is 23.8 Å². The minimum absolute atomic E-state index is 0.0276. The summed E-state index contributed by atoms with van der Waals surface area (Å²) in [6.45, 7) is 1.45. The second kappa shape index (κ2) is 8.30. The van der Waals surface area contributed by atoms with Gasteiger partial charge in [-0.1, -0.05) is 23.7 Å². The highest BCUT2D eigenvalue weighted by atomic mass is 35.5. The van der Waals surface area contributed by atoms with Crippen LogP contribution in [-0.2, 0) is 9.53 Å². The van der Waals surface area contributed by atoms with Crippen molar-refractivity contribution in [2.24, 2.45) is 0 Å². The van der Waals surface area contributed by atoms with Crippen LogP contribution in [-0.4, -0.2) is 31.3 Å². The summed E-state index contributed by atoms with van der Waals surface area (Å²) in [7, 11) is 1.27. The number of methoxy groups -OCH3 is 1. The molecule has 0 saturated carbocycles. The number of ketones is 1. The number of hydrogen-bond donors (Lipinski definition) is 2. The number of benzene rings is 2. The summed E-state index contributed by atoms with van der Waals surface area (Å²) in [5.74, 6) is -0.928. The molecule has 130 valence electrons. The Bertz CT molecular complexity index is 820. The smallest absolute Gasteiger partial charge is 0.337 e.